The molecule has 0 aliphatic heterocycles. The molecule has 1 aromatic carbocycles. The summed E-state index contributed by atoms with van der Waals surface area (Å²) in [5.74, 6) is 0.198. The van der Waals surface area contributed by atoms with Crippen LogP contribution in [0.25, 0.3) is 0 Å². The summed E-state index contributed by atoms with van der Waals surface area (Å²) >= 11 is 0. The van der Waals surface area contributed by atoms with Gasteiger partial charge in [0, 0.05) is 13.6 Å². The highest BCUT2D eigenvalue weighted by Crippen LogP contribution is 2.11. The van der Waals surface area contributed by atoms with Crippen molar-refractivity contribution in [2.75, 3.05) is 7.05 Å². The molecule has 0 heterocycles. The molecule has 0 saturated carbocycles. The lowest BCUT2D eigenvalue weighted by Gasteiger charge is -2.19. The lowest BCUT2D eigenvalue weighted by atomic mass is 10.0. The van der Waals surface area contributed by atoms with Crippen LogP contribution in [-0.4, -0.2) is 19.0 Å². The summed E-state index contributed by atoms with van der Waals surface area (Å²) in [6, 6.07) is 4.50. The van der Waals surface area contributed by atoms with Crippen molar-refractivity contribution >= 4 is 5.91 Å². The largest absolute Gasteiger partial charge is 0.358 e. The van der Waals surface area contributed by atoms with Crippen LogP contribution in [0.15, 0.2) is 18.2 Å². The fourth-order valence-electron chi connectivity index (χ4n) is 2.02. The molecule has 106 valence electrons. The van der Waals surface area contributed by atoms with Crippen LogP contribution in [0, 0.1) is 18.7 Å². The highest BCUT2D eigenvalue weighted by molar-refractivity contribution is 5.81. The van der Waals surface area contributed by atoms with Gasteiger partial charge in [-0.05, 0) is 42.5 Å². The Morgan fingerprint density at radius 1 is 1.37 bits per heavy atom. The van der Waals surface area contributed by atoms with Gasteiger partial charge in [0.05, 0.1) is 6.04 Å². The molecule has 19 heavy (non-hydrogen) atoms. The minimum absolute atomic E-state index is 0.00605. The first-order valence-electron chi connectivity index (χ1n) is 6.64. The minimum Gasteiger partial charge on any atom is -0.358 e. The van der Waals surface area contributed by atoms with Crippen molar-refractivity contribution in [2.45, 2.75) is 39.8 Å². The third-order valence-corrected chi connectivity index (χ3v) is 3.11. The van der Waals surface area contributed by atoms with Gasteiger partial charge in [0.1, 0.15) is 5.82 Å². The maximum atomic E-state index is 13.0. The van der Waals surface area contributed by atoms with Gasteiger partial charge in [0.2, 0.25) is 5.91 Å². The molecular formula is C15H23FN2O. The Hall–Kier alpha value is -1.42. The van der Waals surface area contributed by atoms with Gasteiger partial charge in [-0.25, -0.2) is 4.39 Å². The Bertz CT molecular complexity index is 432. The highest BCUT2D eigenvalue weighted by Gasteiger charge is 2.18. The zero-order chi connectivity index (χ0) is 14.4. The summed E-state index contributed by atoms with van der Waals surface area (Å²) in [6.07, 6.45) is 0.778. The Balaban J connectivity index is 2.67. The topological polar surface area (TPSA) is 41.1 Å². The molecule has 4 heteroatoms. The molecule has 1 aromatic rings. The van der Waals surface area contributed by atoms with Gasteiger partial charge < -0.3 is 10.6 Å². The van der Waals surface area contributed by atoms with Gasteiger partial charge in [-0.2, -0.15) is 0 Å². The Morgan fingerprint density at radius 3 is 2.58 bits per heavy atom. The van der Waals surface area contributed by atoms with E-state index in [4.69, 9.17) is 0 Å². The van der Waals surface area contributed by atoms with Crippen LogP contribution in [0.1, 0.15) is 31.4 Å². The number of hydrogen-bond donors (Lipinski definition) is 2. The average molecular weight is 266 g/mol. The molecule has 0 bridgehead atoms. The lowest BCUT2D eigenvalue weighted by Crippen LogP contribution is -2.43. The summed E-state index contributed by atoms with van der Waals surface area (Å²) in [6.45, 7) is 6.61. The Morgan fingerprint density at radius 2 is 2.05 bits per heavy atom. The molecule has 0 saturated heterocycles. The number of halogens is 1. The summed E-state index contributed by atoms with van der Waals surface area (Å²) in [5.41, 5.74) is 1.91. The van der Waals surface area contributed by atoms with Crippen LogP contribution >= 0.6 is 0 Å². The number of aryl methyl sites for hydroxylation is 1. The van der Waals surface area contributed by atoms with Crippen molar-refractivity contribution in [3.63, 3.8) is 0 Å². The van der Waals surface area contributed by atoms with Crippen LogP contribution in [0.3, 0.4) is 0 Å². The van der Waals surface area contributed by atoms with E-state index in [0.29, 0.717) is 12.5 Å². The van der Waals surface area contributed by atoms with Crippen molar-refractivity contribution in [1.82, 2.24) is 10.6 Å². The van der Waals surface area contributed by atoms with Gasteiger partial charge in [-0.15, -0.1) is 0 Å². The predicted octanol–water partition coefficient (Wildman–Crippen LogP) is 2.38. The van der Waals surface area contributed by atoms with E-state index in [1.165, 1.54) is 12.1 Å². The average Bonchev–Trinajstić information content (AvgIpc) is 2.34. The first-order chi connectivity index (χ1) is 8.93. The number of rotatable bonds is 6. The maximum Gasteiger partial charge on any atom is 0.236 e. The second kappa shape index (κ2) is 7.24. The lowest BCUT2D eigenvalue weighted by molar-refractivity contribution is -0.123. The molecule has 0 aromatic heterocycles. The fourth-order valence-corrected chi connectivity index (χ4v) is 2.02. The third-order valence-electron chi connectivity index (χ3n) is 3.11. The molecular weight excluding hydrogens is 243 g/mol. The normalized spacial score (nSPS) is 12.5. The zero-order valence-corrected chi connectivity index (χ0v) is 12.1. The summed E-state index contributed by atoms with van der Waals surface area (Å²) in [4.78, 5) is 11.8. The van der Waals surface area contributed by atoms with Gasteiger partial charge >= 0.3 is 0 Å². The number of amides is 1. The fraction of sp³-hybridized carbons (Fsp3) is 0.533. The minimum atomic E-state index is -0.230. The first-order valence-corrected chi connectivity index (χ1v) is 6.64. The molecule has 0 spiro atoms. The van der Waals surface area contributed by atoms with E-state index in [1.54, 1.807) is 13.1 Å². The van der Waals surface area contributed by atoms with Crippen LogP contribution in [0.2, 0.25) is 0 Å². The standard InChI is InChI=1S/C15H23FN2O/c1-10(2)7-14(15(19)17-4)18-9-12-5-6-13(16)8-11(12)3/h5-6,8,10,14,18H,7,9H2,1-4H3,(H,17,19). The molecule has 0 fully saturated rings. The molecule has 1 atom stereocenters. The molecule has 1 unspecified atom stereocenters. The maximum absolute atomic E-state index is 13.0. The number of likely N-dealkylation sites (N-methyl/N-ethyl adjacent to an activating group) is 1. The van der Waals surface area contributed by atoms with Crippen LogP contribution in [0.4, 0.5) is 4.39 Å². The SMILES string of the molecule is CNC(=O)C(CC(C)C)NCc1ccc(F)cc1C. The van der Waals surface area contributed by atoms with Crippen molar-refractivity contribution in [3.8, 4) is 0 Å². The second-order valence-electron chi connectivity index (χ2n) is 5.25. The molecule has 0 aliphatic rings. The Labute approximate surface area is 114 Å². The summed E-state index contributed by atoms with van der Waals surface area (Å²) in [7, 11) is 1.64. The smallest absolute Gasteiger partial charge is 0.236 e. The molecule has 2 N–H and O–H groups in total. The van der Waals surface area contributed by atoms with E-state index in [0.717, 1.165) is 17.5 Å². The number of benzene rings is 1. The molecule has 0 radical (unpaired) electrons. The van der Waals surface area contributed by atoms with Gasteiger partial charge in [0.25, 0.3) is 0 Å². The van der Waals surface area contributed by atoms with E-state index in [1.807, 2.05) is 6.92 Å². The number of carbonyl (C=O) groups excluding carboxylic acids is 1. The van der Waals surface area contributed by atoms with E-state index in [-0.39, 0.29) is 17.8 Å². The van der Waals surface area contributed by atoms with Crippen LogP contribution in [-0.2, 0) is 11.3 Å². The van der Waals surface area contributed by atoms with Crippen LogP contribution < -0.4 is 10.6 Å². The van der Waals surface area contributed by atoms with Gasteiger partial charge in [0.15, 0.2) is 0 Å². The van der Waals surface area contributed by atoms with Crippen molar-refractivity contribution in [2.24, 2.45) is 5.92 Å². The quantitative estimate of drug-likeness (QED) is 0.830. The highest BCUT2D eigenvalue weighted by atomic mass is 19.1. The third kappa shape index (κ3) is 4.99. The Kier molecular flexibility index (Phi) is 5.96. The van der Waals surface area contributed by atoms with E-state index in [2.05, 4.69) is 24.5 Å². The molecule has 1 rings (SSSR count). The van der Waals surface area contributed by atoms with Gasteiger partial charge in [-0.1, -0.05) is 19.9 Å². The van der Waals surface area contributed by atoms with Crippen molar-refractivity contribution < 1.29 is 9.18 Å². The molecule has 1 amide bonds. The number of nitrogens with one attached hydrogen (secondary N) is 2. The predicted molar refractivity (Wildman–Crippen MR) is 75.3 cm³/mol. The second-order valence-corrected chi connectivity index (χ2v) is 5.25. The van der Waals surface area contributed by atoms with Crippen LogP contribution in [0.5, 0.6) is 0 Å². The molecule has 0 aliphatic carbocycles. The molecule has 3 nitrogen and oxygen atoms in total. The van der Waals surface area contributed by atoms with Gasteiger partial charge in [-0.3, -0.25) is 4.79 Å². The van der Waals surface area contributed by atoms with E-state index < -0.39 is 0 Å². The van der Waals surface area contributed by atoms with Crippen molar-refractivity contribution in [3.05, 3.63) is 35.1 Å². The van der Waals surface area contributed by atoms with E-state index in [9.17, 15) is 9.18 Å². The number of hydrogen-bond acceptors (Lipinski definition) is 2. The number of carbonyl (C=O) groups is 1. The monoisotopic (exact) mass is 266 g/mol. The zero-order valence-electron chi connectivity index (χ0n) is 12.1. The van der Waals surface area contributed by atoms with E-state index >= 15 is 0 Å². The van der Waals surface area contributed by atoms with Crippen molar-refractivity contribution in [1.29, 1.82) is 0 Å². The first kappa shape index (κ1) is 15.6. The summed E-state index contributed by atoms with van der Waals surface area (Å²) in [5, 5.41) is 5.91. The summed E-state index contributed by atoms with van der Waals surface area (Å²) < 4.78 is 13.0.